The number of cyclic esters (lactones) is 2. The summed E-state index contributed by atoms with van der Waals surface area (Å²) in [6.45, 7) is 2.88. The Hall–Kier alpha value is -2.84. The van der Waals surface area contributed by atoms with Gasteiger partial charge in [-0.2, -0.15) is 5.48 Å². The van der Waals surface area contributed by atoms with Crippen molar-refractivity contribution >= 4 is 22.8 Å². The topological polar surface area (TPSA) is 110 Å². The largest absolute Gasteiger partial charge is 0.509 e. The quantitative estimate of drug-likeness (QED) is 0.242. The summed E-state index contributed by atoms with van der Waals surface area (Å²) < 4.78 is 10.1. The monoisotopic (exact) mass is 376 g/mol. The van der Waals surface area contributed by atoms with Gasteiger partial charge in [0.1, 0.15) is 5.76 Å². The van der Waals surface area contributed by atoms with Crippen LogP contribution >= 0.6 is 0 Å². The molecule has 8 nitrogen and oxygen atoms in total. The standard InChI is InChI=1S/C18H20N2O6.CH4/c1-18(2)25-16(22)14(17(23)26-18)15(21)13(20-24-3)8-10-9-19-12-7-5-4-6-11(10)12;/h4-7,9,13,19-21H,8H2,1-3H3;1H4. The molecule has 2 aromatic rings. The van der Waals surface area contributed by atoms with E-state index < -0.39 is 35.1 Å². The van der Waals surface area contributed by atoms with Crippen molar-refractivity contribution in [2.75, 3.05) is 7.11 Å². The van der Waals surface area contributed by atoms with E-state index >= 15 is 0 Å². The summed E-state index contributed by atoms with van der Waals surface area (Å²) in [5.41, 5.74) is 3.87. The second-order valence-corrected chi connectivity index (χ2v) is 6.38. The highest BCUT2D eigenvalue weighted by atomic mass is 16.7. The number of fused-ring (bicyclic) bond motifs is 1. The molecule has 0 aliphatic carbocycles. The molecular weight excluding hydrogens is 352 g/mol. The molecule has 0 saturated carbocycles. The zero-order valence-electron chi connectivity index (χ0n) is 14.7. The number of hydrogen-bond donors (Lipinski definition) is 3. The minimum absolute atomic E-state index is 0. The van der Waals surface area contributed by atoms with Gasteiger partial charge in [-0.15, -0.1) is 0 Å². The van der Waals surface area contributed by atoms with Gasteiger partial charge in [-0.1, -0.05) is 25.6 Å². The van der Waals surface area contributed by atoms with Crippen LogP contribution in [0, 0.1) is 0 Å². The average Bonchev–Trinajstić information content (AvgIpc) is 2.95. The molecule has 1 saturated heterocycles. The predicted octanol–water partition coefficient (Wildman–Crippen LogP) is 2.51. The van der Waals surface area contributed by atoms with Crippen LogP contribution in [0.5, 0.6) is 0 Å². The SMILES string of the molecule is C.CONC(Cc1c[nH]c2ccccc12)C(O)=C1C(=O)OC(C)(C)OC1=O. The molecule has 1 fully saturated rings. The lowest BCUT2D eigenvalue weighted by molar-refractivity contribution is -0.222. The van der Waals surface area contributed by atoms with Gasteiger partial charge in [-0.25, -0.2) is 9.59 Å². The molecule has 27 heavy (non-hydrogen) atoms. The van der Waals surface area contributed by atoms with Gasteiger partial charge in [0.25, 0.3) is 5.79 Å². The Labute approximate surface area is 157 Å². The first-order valence-corrected chi connectivity index (χ1v) is 8.05. The van der Waals surface area contributed by atoms with Gasteiger partial charge in [0.05, 0.1) is 13.2 Å². The highest BCUT2D eigenvalue weighted by Crippen LogP contribution is 2.27. The maximum Gasteiger partial charge on any atom is 0.352 e. The van der Waals surface area contributed by atoms with Crippen LogP contribution in [0.25, 0.3) is 10.9 Å². The number of nitrogens with one attached hydrogen (secondary N) is 2. The number of ether oxygens (including phenoxy) is 2. The number of aromatic nitrogens is 1. The Morgan fingerprint density at radius 3 is 2.52 bits per heavy atom. The van der Waals surface area contributed by atoms with Crippen LogP contribution in [-0.2, 0) is 30.3 Å². The first kappa shape index (κ1) is 20.5. The van der Waals surface area contributed by atoms with E-state index in [0.717, 1.165) is 16.5 Å². The van der Waals surface area contributed by atoms with Crippen LogP contribution in [0.4, 0.5) is 0 Å². The fourth-order valence-electron chi connectivity index (χ4n) is 2.89. The third-order valence-electron chi connectivity index (χ3n) is 4.03. The molecule has 3 rings (SSSR count). The van der Waals surface area contributed by atoms with Crippen LogP contribution in [0.15, 0.2) is 41.8 Å². The third kappa shape index (κ3) is 4.12. The Kier molecular flexibility index (Phi) is 5.92. The van der Waals surface area contributed by atoms with Crippen molar-refractivity contribution < 1.29 is 29.0 Å². The first-order valence-electron chi connectivity index (χ1n) is 8.05. The summed E-state index contributed by atoms with van der Waals surface area (Å²) in [6, 6.07) is 6.81. The van der Waals surface area contributed by atoms with E-state index in [0.29, 0.717) is 0 Å². The molecule has 1 unspecified atom stereocenters. The van der Waals surface area contributed by atoms with E-state index in [2.05, 4.69) is 10.5 Å². The normalized spacial score (nSPS) is 17.1. The number of rotatable bonds is 5. The van der Waals surface area contributed by atoms with Gasteiger partial charge in [-0.05, 0) is 18.1 Å². The molecule has 1 aliphatic heterocycles. The number of benzene rings is 1. The Bertz CT molecular complexity index is 861. The minimum atomic E-state index is -1.38. The van der Waals surface area contributed by atoms with E-state index in [-0.39, 0.29) is 13.8 Å². The number of hydrogen-bond acceptors (Lipinski definition) is 7. The Balaban J connectivity index is 0.00000261. The lowest BCUT2D eigenvalue weighted by Gasteiger charge is -2.31. The number of hydroxylamine groups is 1. The van der Waals surface area contributed by atoms with Crippen molar-refractivity contribution in [2.45, 2.75) is 39.5 Å². The number of aliphatic hydroxyl groups is 1. The number of aromatic amines is 1. The zero-order chi connectivity index (χ0) is 18.9. The fraction of sp³-hybridized carbons (Fsp3) is 0.368. The second-order valence-electron chi connectivity index (χ2n) is 6.38. The third-order valence-corrected chi connectivity index (χ3v) is 4.03. The van der Waals surface area contributed by atoms with Crippen LogP contribution in [0.1, 0.15) is 26.8 Å². The maximum atomic E-state index is 12.2. The number of H-pyrrole nitrogens is 1. The smallest absolute Gasteiger partial charge is 0.352 e. The van der Waals surface area contributed by atoms with Gasteiger partial charge < -0.3 is 24.4 Å². The van der Waals surface area contributed by atoms with Crippen LogP contribution in [0.2, 0.25) is 0 Å². The van der Waals surface area contributed by atoms with Crippen molar-refractivity contribution in [3.05, 3.63) is 47.4 Å². The number of para-hydroxylation sites is 1. The molecule has 8 heteroatoms. The van der Waals surface area contributed by atoms with E-state index in [9.17, 15) is 14.7 Å². The van der Waals surface area contributed by atoms with E-state index in [1.165, 1.54) is 21.0 Å². The van der Waals surface area contributed by atoms with Crippen LogP contribution in [-0.4, -0.2) is 41.0 Å². The minimum Gasteiger partial charge on any atom is -0.509 e. The van der Waals surface area contributed by atoms with Crippen molar-refractivity contribution in [1.82, 2.24) is 10.5 Å². The molecule has 3 N–H and O–H groups in total. The van der Waals surface area contributed by atoms with Gasteiger partial charge in [-0.3, -0.25) is 0 Å². The molecule has 2 heterocycles. The van der Waals surface area contributed by atoms with Crippen molar-refractivity contribution in [3.8, 4) is 0 Å². The summed E-state index contributed by atoms with van der Waals surface area (Å²) in [6.07, 6.45) is 2.06. The Morgan fingerprint density at radius 2 is 1.89 bits per heavy atom. The lowest BCUT2D eigenvalue weighted by Crippen LogP contribution is -2.44. The van der Waals surface area contributed by atoms with Gasteiger partial charge in [0, 0.05) is 30.9 Å². The van der Waals surface area contributed by atoms with Crippen molar-refractivity contribution in [3.63, 3.8) is 0 Å². The van der Waals surface area contributed by atoms with Crippen molar-refractivity contribution in [2.24, 2.45) is 0 Å². The molecule has 1 aromatic heterocycles. The van der Waals surface area contributed by atoms with E-state index in [1.54, 1.807) is 6.20 Å². The highest BCUT2D eigenvalue weighted by Gasteiger charge is 2.42. The summed E-state index contributed by atoms with van der Waals surface area (Å²) in [4.78, 5) is 32.4. The summed E-state index contributed by atoms with van der Waals surface area (Å²) in [7, 11) is 1.38. The Morgan fingerprint density at radius 1 is 1.26 bits per heavy atom. The maximum absolute atomic E-state index is 12.2. The summed E-state index contributed by atoms with van der Waals surface area (Å²) in [5.74, 6) is -3.75. The van der Waals surface area contributed by atoms with Gasteiger partial charge in [0.15, 0.2) is 5.57 Å². The molecule has 146 valence electrons. The molecule has 1 atom stereocenters. The number of aliphatic hydroxyl groups excluding tert-OH is 1. The van der Waals surface area contributed by atoms with Gasteiger partial charge in [0.2, 0.25) is 0 Å². The van der Waals surface area contributed by atoms with Gasteiger partial charge >= 0.3 is 11.9 Å². The number of carbonyl (C=O) groups excluding carboxylic acids is 2. The second kappa shape index (κ2) is 7.81. The van der Waals surface area contributed by atoms with Crippen molar-refractivity contribution in [1.29, 1.82) is 0 Å². The highest BCUT2D eigenvalue weighted by molar-refractivity contribution is 6.15. The molecule has 1 aromatic carbocycles. The molecule has 0 bridgehead atoms. The molecular formula is C19H24N2O6. The summed E-state index contributed by atoms with van der Waals surface area (Å²) >= 11 is 0. The summed E-state index contributed by atoms with van der Waals surface area (Å²) in [5, 5.41) is 11.5. The molecule has 1 aliphatic rings. The fourth-order valence-corrected chi connectivity index (χ4v) is 2.89. The first-order chi connectivity index (χ1) is 12.3. The lowest BCUT2D eigenvalue weighted by atomic mass is 10.0. The molecule has 0 radical (unpaired) electrons. The average molecular weight is 376 g/mol. The molecule has 0 spiro atoms. The number of esters is 2. The van der Waals surface area contributed by atoms with E-state index in [4.69, 9.17) is 14.3 Å². The number of carbonyl (C=O) groups is 2. The van der Waals surface area contributed by atoms with E-state index in [1.807, 2.05) is 24.3 Å². The molecule has 0 amide bonds. The predicted molar refractivity (Wildman–Crippen MR) is 98.6 cm³/mol. The van der Waals surface area contributed by atoms with Crippen LogP contribution in [0.3, 0.4) is 0 Å². The zero-order valence-corrected chi connectivity index (χ0v) is 14.7. The van der Waals surface area contributed by atoms with Crippen LogP contribution < -0.4 is 5.48 Å².